The average Bonchev–Trinajstić information content (AvgIpc) is 3.68. The second kappa shape index (κ2) is 12.5. The second-order valence-electron chi connectivity index (χ2n) is 10.9. The zero-order valence-electron chi connectivity index (χ0n) is 23.9. The van der Waals surface area contributed by atoms with E-state index < -0.39 is 39.8 Å². The molecule has 5 rings (SSSR count). The number of amides is 2. The van der Waals surface area contributed by atoms with Crippen molar-refractivity contribution in [2.75, 3.05) is 51.5 Å². The first-order valence-corrected chi connectivity index (χ1v) is 15.8. The third-order valence-electron chi connectivity index (χ3n) is 8.03. The van der Waals surface area contributed by atoms with E-state index in [1.807, 2.05) is 37.3 Å². The van der Waals surface area contributed by atoms with E-state index >= 15 is 0 Å². The summed E-state index contributed by atoms with van der Waals surface area (Å²) in [7, 11) is -1.84. The molecule has 2 fully saturated rings. The molecule has 3 heterocycles. The van der Waals surface area contributed by atoms with Gasteiger partial charge in [0, 0.05) is 44.8 Å². The van der Waals surface area contributed by atoms with Gasteiger partial charge in [-0.05, 0) is 49.6 Å². The molecule has 10 nitrogen and oxygen atoms in total. The summed E-state index contributed by atoms with van der Waals surface area (Å²) in [6.07, 6.45) is 2.54. The molecule has 0 unspecified atom stereocenters. The SMILES string of the molecule is COCCN1C[C@@H](NC(=O)Nc2c(C)c([C@H]3CCCN3S(C)(=O)=O)nn2-c2ccccc2)[C@H](c2ccc(F)c(F)c2)C1. The fourth-order valence-electron chi connectivity index (χ4n) is 5.97. The number of rotatable bonds is 9. The first-order chi connectivity index (χ1) is 20.1. The van der Waals surface area contributed by atoms with Crippen LogP contribution in [0.4, 0.5) is 19.4 Å². The molecular formula is C29H36F2N6O4S. The fraction of sp³-hybridized carbons (Fsp3) is 0.448. The summed E-state index contributed by atoms with van der Waals surface area (Å²) in [6, 6.07) is 11.8. The molecule has 2 N–H and O–H groups in total. The highest BCUT2D eigenvalue weighted by molar-refractivity contribution is 7.88. The van der Waals surface area contributed by atoms with Crippen LogP contribution in [-0.2, 0) is 14.8 Å². The van der Waals surface area contributed by atoms with Crippen LogP contribution < -0.4 is 10.6 Å². The summed E-state index contributed by atoms with van der Waals surface area (Å²) >= 11 is 0. The quantitative estimate of drug-likeness (QED) is 0.386. The third kappa shape index (κ3) is 6.33. The maximum Gasteiger partial charge on any atom is 0.320 e. The van der Waals surface area contributed by atoms with E-state index in [9.17, 15) is 22.0 Å². The highest BCUT2D eigenvalue weighted by atomic mass is 32.2. The van der Waals surface area contributed by atoms with Gasteiger partial charge in [-0.25, -0.2) is 26.7 Å². The summed E-state index contributed by atoms with van der Waals surface area (Å²) in [4.78, 5) is 15.6. The van der Waals surface area contributed by atoms with E-state index in [4.69, 9.17) is 9.84 Å². The summed E-state index contributed by atoms with van der Waals surface area (Å²) in [5.41, 5.74) is 2.55. The minimum absolute atomic E-state index is 0.278. The monoisotopic (exact) mass is 602 g/mol. The van der Waals surface area contributed by atoms with Crippen molar-refractivity contribution in [3.05, 3.63) is 77.0 Å². The predicted octanol–water partition coefficient (Wildman–Crippen LogP) is 3.79. The van der Waals surface area contributed by atoms with E-state index in [2.05, 4.69) is 15.5 Å². The molecule has 0 aliphatic carbocycles. The molecule has 1 aromatic heterocycles. The lowest BCUT2D eigenvalue weighted by Crippen LogP contribution is -2.42. The first kappa shape index (κ1) is 30.1. The van der Waals surface area contributed by atoms with Crippen LogP contribution in [-0.4, -0.2) is 85.6 Å². The van der Waals surface area contributed by atoms with Crippen molar-refractivity contribution in [3.63, 3.8) is 0 Å². The Kier molecular flexibility index (Phi) is 8.92. The van der Waals surface area contributed by atoms with Crippen LogP contribution in [0.25, 0.3) is 5.69 Å². The molecule has 0 spiro atoms. The van der Waals surface area contributed by atoms with Crippen LogP contribution in [0.5, 0.6) is 0 Å². The molecule has 2 aromatic carbocycles. The number of aromatic nitrogens is 2. The number of nitrogens with zero attached hydrogens (tertiary/aromatic N) is 4. The minimum Gasteiger partial charge on any atom is -0.383 e. The summed E-state index contributed by atoms with van der Waals surface area (Å²) in [5.74, 6) is -1.71. The first-order valence-electron chi connectivity index (χ1n) is 13.9. The predicted molar refractivity (Wildman–Crippen MR) is 155 cm³/mol. The number of hydrogen-bond donors (Lipinski definition) is 2. The number of carbonyl (C=O) groups excluding carboxylic acids is 1. The van der Waals surface area contributed by atoms with Crippen LogP contribution in [0.1, 0.15) is 41.6 Å². The second-order valence-corrected chi connectivity index (χ2v) is 12.8. The molecule has 3 atom stereocenters. The van der Waals surface area contributed by atoms with Crippen LogP contribution in [0.2, 0.25) is 0 Å². The van der Waals surface area contributed by atoms with E-state index in [1.54, 1.807) is 17.9 Å². The van der Waals surface area contributed by atoms with Crippen LogP contribution in [0, 0.1) is 18.6 Å². The van der Waals surface area contributed by atoms with E-state index in [0.717, 1.165) is 6.07 Å². The van der Waals surface area contributed by atoms with Gasteiger partial charge in [-0.1, -0.05) is 24.3 Å². The van der Waals surface area contributed by atoms with Gasteiger partial charge in [-0.15, -0.1) is 0 Å². The lowest BCUT2D eigenvalue weighted by Gasteiger charge is -2.21. The molecule has 0 radical (unpaired) electrons. The van der Waals surface area contributed by atoms with Crippen molar-refractivity contribution in [3.8, 4) is 5.69 Å². The minimum atomic E-state index is -3.45. The Morgan fingerprint density at radius 1 is 1.12 bits per heavy atom. The van der Waals surface area contributed by atoms with Gasteiger partial charge < -0.3 is 10.1 Å². The van der Waals surface area contributed by atoms with Gasteiger partial charge in [0.15, 0.2) is 11.6 Å². The Balaban J connectivity index is 1.43. The summed E-state index contributed by atoms with van der Waals surface area (Å²) in [6.45, 7) is 4.38. The number of methoxy groups -OCH3 is 1. The molecule has 2 saturated heterocycles. The number of hydrogen-bond acceptors (Lipinski definition) is 6. The topological polar surface area (TPSA) is 109 Å². The highest BCUT2D eigenvalue weighted by Gasteiger charge is 2.38. The molecule has 0 bridgehead atoms. The molecule has 42 heavy (non-hydrogen) atoms. The standard InChI is InChI=1S/C29H36F2N6O4S/c1-19-27(26-10-7-13-36(26)42(3,39)40)34-37(21-8-5-4-6-9-21)28(19)33-29(38)32-25-18-35(14-15-41-2)17-22(25)20-11-12-23(30)24(31)16-20/h4-6,8-9,11-12,16,22,25-26H,7,10,13-15,17-18H2,1-3H3,(H2,32,33,38)/t22-,25+,26+/m0/s1. The van der Waals surface area contributed by atoms with E-state index in [0.29, 0.717) is 74.0 Å². The largest absolute Gasteiger partial charge is 0.383 e. The number of sulfonamides is 1. The maximum atomic E-state index is 14.1. The van der Waals surface area contributed by atoms with Crippen molar-refractivity contribution in [1.29, 1.82) is 0 Å². The maximum absolute atomic E-state index is 14.1. The fourth-order valence-corrected chi connectivity index (χ4v) is 7.10. The van der Waals surface area contributed by atoms with E-state index in [1.165, 1.54) is 16.6 Å². The van der Waals surface area contributed by atoms with Gasteiger partial charge in [0.2, 0.25) is 10.0 Å². The van der Waals surface area contributed by atoms with Crippen LogP contribution in [0.3, 0.4) is 0 Å². The van der Waals surface area contributed by atoms with Crippen molar-refractivity contribution >= 4 is 21.9 Å². The third-order valence-corrected chi connectivity index (χ3v) is 9.32. The number of para-hydroxylation sites is 1. The number of ether oxygens (including phenoxy) is 1. The van der Waals surface area contributed by atoms with Gasteiger partial charge in [-0.2, -0.15) is 9.40 Å². The Bertz CT molecular complexity index is 1530. The Morgan fingerprint density at radius 3 is 2.57 bits per heavy atom. The lowest BCUT2D eigenvalue weighted by molar-refractivity contribution is 0.159. The van der Waals surface area contributed by atoms with E-state index in [-0.39, 0.29) is 5.92 Å². The van der Waals surface area contributed by atoms with Gasteiger partial charge >= 0.3 is 6.03 Å². The highest BCUT2D eigenvalue weighted by Crippen LogP contribution is 2.38. The Hall–Kier alpha value is -3.39. The van der Waals surface area contributed by atoms with Crippen molar-refractivity contribution in [2.24, 2.45) is 0 Å². The Morgan fingerprint density at radius 2 is 1.88 bits per heavy atom. The zero-order valence-corrected chi connectivity index (χ0v) is 24.7. The number of likely N-dealkylation sites (tertiary alicyclic amines) is 1. The van der Waals surface area contributed by atoms with Gasteiger partial charge in [-0.3, -0.25) is 10.2 Å². The van der Waals surface area contributed by atoms with Crippen molar-refractivity contribution < 1.29 is 26.7 Å². The van der Waals surface area contributed by atoms with Gasteiger partial charge in [0.05, 0.1) is 36.3 Å². The Labute approximate surface area is 244 Å². The van der Waals surface area contributed by atoms with Gasteiger partial charge in [0.25, 0.3) is 0 Å². The number of benzene rings is 2. The average molecular weight is 603 g/mol. The number of nitrogens with one attached hydrogen (secondary N) is 2. The number of carbonyl (C=O) groups is 1. The zero-order chi connectivity index (χ0) is 30.0. The lowest BCUT2D eigenvalue weighted by atomic mass is 9.94. The molecule has 2 aliphatic heterocycles. The smallest absolute Gasteiger partial charge is 0.320 e. The molecule has 0 saturated carbocycles. The van der Waals surface area contributed by atoms with Gasteiger partial charge in [0.1, 0.15) is 5.82 Å². The van der Waals surface area contributed by atoms with Crippen LogP contribution >= 0.6 is 0 Å². The summed E-state index contributed by atoms with van der Waals surface area (Å²) < 4.78 is 61.1. The number of urea groups is 1. The summed E-state index contributed by atoms with van der Waals surface area (Å²) in [5, 5.41) is 10.8. The normalized spacial score (nSPS) is 21.6. The molecule has 3 aromatic rings. The van der Waals surface area contributed by atoms with Crippen LogP contribution in [0.15, 0.2) is 48.5 Å². The molecule has 2 amide bonds. The number of anilines is 1. The van der Waals surface area contributed by atoms with Crippen molar-refractivity contribution in [2.45, 2.75) is 37.8 Å². The van der Waals surface area contributed by atoms with Crippen molar-refractivity contribution in [1.82, 2.24) is 24.3 Å². The number of halogens is 2. The molecular weight excluding hydrogens is 566 g/mol. The molecule has 226 valence electrons. The molecule has 13 heteroatoms. The molecule has 2 aliphatic rings.